The average molecular weight is 84.1 g/mol. The molecule has 6 heavy (non-hydrogen) atoms. The number of Topliss-reactive ketones (excluding diaryl/α,β-unsaturated/α-hetero) is 1. The summed E-state index contributed by atoms with van der Waals surface area (Å²) in [6, 6.07) is 0. The highest BCUT2D eigenvalue weighted by Crippen LogP contribution is 2.26. The van der Waals surface area contributed by atoms with E-state index in [4.69, 9.17) is 0 Å². The molecule has 1 atom stereocenters. The Morgan fingerprint density at radius 1 is 2.00 bits per heavy atom. The van der Waals surface area contributed by atoms with Crippen LogP contribution >= 0.6 is 0 Å². The van der Waals surface area contributed by atoms with Crippen molar-refractivity contribution >= 4 is 5.78 Å². The molecule has 0 saturated heterocycles. The van der Waals surface area contributed by atoms with Gasteiger partial charge in [0.1, 0.15) is 5.78 Å². The SMILES string of the molecule is CCC1CC1=O. The van der Waals surface area contributed by atoms with Crippen LogP contribution in [0, 0.1) is 5.92 Å². The first kappa shape index (κ1) is 3.85. The molecular formula is C5H8O. The van der Waals surface area contributed by atoms with Crippen molar-refractivity contribution in [2.75, 3.05) is 0 Å². The zero-order valence-corrected chi connectivity index (χ0v) is 3.90. The van der Waals surface area contributed by atoms with Gasteiger partial charge in [0.2, 0.25) is 0 Å². The maximum atomic E-state index is 10.1. The first-order chi connectivity index (χ1) is 2.84. The van der Waals surface area contributed by atoms with E-state index in [0.29, 0.717) is 11.7 Å². The van der Waals surface area contributed by atoms with Crippen molar-refractivity contribution in [2.45, 2.75) is 19.8 Å². The lowest BCUT2D eigenvalue weighted by Gasteiger charge is -1.70. The fourth-order valence-corrected chi connectivity index (χ4v) is 0.556. The lowest BCUT2D eigenvalue weighted by Crippen LogP contribution is -1.69. The molecular weight excluding hydrogens is 76.1 g/mol. The van der Waals surface area contributed by atoms with Gasteiger partial charge in [0, 0.05) is 12.3 Å². The summed E-state index contributed by atoms with van der Waals surface area (Å²) in [7, 11) is 0. The minimum Gasteiger partial charge on any atom is -0.299 e. The molecule has 1 heteroatoms. The monoisotopic (exact) mass is 84.1 g/mol. The number of hydrogen-bond acceptors (Lipinski definition) is 1. The molecule has 1 fully saturated rings. The van der Waals surface area contributed by atoms with Crippen LogP contribution in [0.3, 0.4) is 0 Å². The Morgan fingerprint density at radius 3 is 2.50 bits per heavy atom. The Hall–Kier alpha value is -0.330. The second kappa shape index (κ2) is 1.07. The molecule has 34 valence electrons. The molecule has 0 spiro atoms. The number of ketones is 1. The van der Waals surface area contributed by atoms with E-state index in [1.807, 2.05) is 0 Å². The summed E-state index contributed by atoms with van der Waals surface area (Å²) in [5, 5.41) is 0. The molecule has 0 aromatic heterocycles. The van der Waals surface area contributed by atoms with Crippen molar-refractivity contribution in [1.29, 1.82) is 0 Å². The predicted molar refractivity (Wildman–Crippen MR) is 23.4 cm³/mol. The highest BCUT2D eigenvalue weighted by molar-refractivity contribution is 5.95. The van der Waals surface area contributed by atoms with Gasteiger partial charge in [-0.3, -0.25) is 4.79 Å². The second-order valence-electron chi connectivity index (χ2n) is 1.78. The summed E-state index contributed by atoms with van der Waals surface area (Å²) >= 11 is 0. The molecule has 1 saturated carbocycles. The second-order valence-corrected chi connectivity index (χ2v) is 1.78. The van der Waals surface area contributed by atoms with E-state index in [2.05, 4.69) is 6.92 Å². The zero-order chi connectivity index (χ0) is 4.57. The van der Waals surface area contributed by atoms with E-state index in [1.165, 1.54) is 0 Å². The molecule has 1 rings (SSSR count). The Labute approximate surface area is 37.4 Å². The number of hydrogen-bond donors (Lipinski definition) is 0. The maximum Gasteiger partial charge on any atom is 0.137 e. The summed E-state index contributed by atoms with van der Waals surface area (Å²) in [6.07, 6.45) is 1.91. The summed E-state index contributed by atoms with van der Waals surface area (Å²) in [5.74, 6) is 0.919. The summed E-state index contributed by atoms with van der Waals surface area (Å²) < 4.78 is 0. The molecule has 1 aliphatic rings. The minimum absolute atomic E-state index is 0.456. The van der Waals surface area contributed by atoms with Crippen LogP contribution in [0.15, 0.2) is 0 Å². The van der Waals surface area contributed by atoms with Gasteiger partial charge in [0.15, 0.2) is 0 Å². The molecule has 0 aliphatic heterocycles. The minimum atomic E-state index is 0.456. The van der Waals surface area contributed by atoms with Crippen LogP contribution in [0.5, 0.6) is 0 Å². The van der Waals surface area contributed by atoms with E-state index < -0.39 is 0 Å². The van der Waals surface area contributed by atoms with Gasteiger partial charge in [0.25, 0.3) is 0 Å². The van der Waals surface area contributed by atoms with Crippen molar-refractivity contribution in [1.82, 2.24) is 0 Å². The standard InChI is InChI=1S/C5H8O/c1-2-4-3-5(4)6/h4H,2-3H2,1H3. The van der Waals surface area contributed by atoms with E-state index in [0.717, 1.165) is 12.8 Å². The summed E-state index contributed by atoms with van der Waals surface area (Å²) in [5.41, 5.74) is 0. The Balaban J connectivity index is 2.26. The fourth-order valence-electron chi connectivity index (χ4n) is 0.556. The molecule has 0 aromatic rings. The van der Waals surface area contributed by atoms with E-state index in [-0.39, 0.29) is 0 Å². The molecule has 0 aromatic carbocycles. The molecule has 1 nitrogen and oxygen atoms in total. The van der Waals surface area contributed by atoms with Gasteiger partial charge in [-0.25, -0.2) is 0 Å². The van der Waals surface area contributed by atoms with Crippen LogP contribution in [0.2, 0.25) is 0 Å². The molecule has 1 aliphatic carbocycles. The van der Waals surface area contributed by atoms with Crippen LogP contribution in [-0.4, -0.2) is 5.78 Å². The van der Waals surface area contributed by atoms with E-state index in [1.54, 1.807) is 0 Å². The number of rotatable bonds is 1. The third-order valence-corrected chi connectivity index (χ3v) is 1.24. The van der Waals surface area contributed by atoms with Crippen molar-refractivity contribution < 1.29 is 4.79 Å². The van der Waals surface area contributed by atoms with E-state index >= 15 is 0 Å². The van der Waals surface area contributed by atoms with Crippen LogP contribution in [0.1, 0.15) is 19.8 Å². The third kappa shape index (κ3) is 0.445. The van der Waals surface area contributed by atoms with E-state index in [9.17, 15) is 4.79 Å². The van der Waals surface area contributed by atoms with Crippen molar-refractivity contribution in [3.63, 3.8) is 0 Å². The van der Waals surface area contributed by atoms with Crippen LogP contribution in [0.4, 0.5) is 0 Å². The van der Waals surface area contributed by atoms with Gasteiger partial charge in [-0.2, -0.15) is 0 Å². The fraction of sp³-hybridized carbons (Fsp3) is 0.800. The highest BCUT2D eigenvalue weighted by atomic mass is 16.1. The Bertz CT molecular complexity index is 76.0. The highest BCUT2D eigenvalue weighted by Gasteiger charge is 2.31. The lowest BCUT2D eigenvalue weighted by molar-refractivity contribution is -0.111. The van der Waals surface area contributed by atoms with Crippen LogP contribution < -0.4 is 0 Å². The van der Waals surface area contributed by atoms with Crippen molar-refractivity contribution in [3.05, 3.63) is 0 Å². The normalized spacial score (nSPS) is 30.8. The molecule has 0 N–H and O–H groups in total. The quantitative estimate of drug-likeness (QED) is 0.463. The molecule has 0 bridgehead atoms. The number of carbonyl (C=O) groups excluding carboxylic acids is 1. The first-order valence-corrected chi connectivity index (χ1v) is 2.37. The zero-order valence-electron chi connectivity index (χ0n) is 3.90. The van der Waals surface area contributed by atoms with Gasteiger partial charge in [-0.15, -0.1) is 0 Å². The number of carbonyl (C=O) groups is 1. The summed E-state index contributed by atoms with van der Waals surface area (Å²) in [6.45, 7) is 2.05. The van der Waals surface area contributed by atoms with Crippen LogP contribution in [-0.2, 0) is 4.79 Å². The molecule has 0 heterocycles. The van der Waals surface area contributed by atoms with Gasteiger partial charge in [0.05, 0.1) is 0 Å². The predicted octanol–water partition coefficient (Wildman–Crippen LogP) is 0.985. The topological polar surface area (TPSA) is 17.1 Å². The lowest BCUT2D eigenvalue weighted by atomic mass is 10.3. The van der Waals surface area contributed by atoms with Crippen LogP contribution in [0.25, 0.3) is 0 Å². The van der Waals surface area contributed by atoms with Crippen molar-refractivity contribution in [3.8, 4) is 0 Å². The van der Waals surface area contributed by atoms with Crippen molar-refractivity contribution in [2.24, 2.45) is 5.92 Å². The Morgan fingerprint density at radius 2 is 2.50 bits per heavy atom. The third-order valence-electron chi connectivity index (χ3n) is 1.24. The average Bonchev–Trinajstić information content (AvgIpc) is 2.19. The smallest absolute Gasteiger partial charge is 0.137 e. The van der Waals surface area contributed by atoms with Gasteiger partial charge >= 0.3 is 0 Å². The maximum absolute atomic E-state index is 10.1. The molecule has 0 amide bonds. The largest absolute Gasteiger partial charge is 0.299 e. The molecule has 0 radical (unpaired) electrons. The van der Waals surface area contributed by atoms with Gasteiger partial charge < -0.3 is 0 Å². The Kier molecular flexibility index (Phi) is 0.685. The van der Waals surface area contributed by atoms with Gasteiger partial charge in [-0.1, -0.05) is 6.92 Å². The first-order valence-electron chi connectivity index (χ1n) is 2.37. The molecule has 1 unspecified atom stereocenters. The van der Waals surface area contributed by atoms with Gasteiger partial charge in [-0.05, 0) is 6.42 Å². The summed E-state index contributed by atoms with van der Waals surface area (Å²) in [4.78, 5) is 10.1.